The molecule has 0 atom stereocenters. The van der Waals surface area contributed by atoms with Crippen LogP contribution < -0.4 is 15.4 Å². The van der Waals surface area contributed by atoms with E-state index in [0.717, 1.165) is 12.1 Å². The van der Waals surface area contributed by atoms with Crippen molar-refractivity contribution in [2.75, 3.05) is 12.4 Å². The van der Waals surface area contributed by atoms with Crippen molar-refractivity contribution in [1.82, 2.24) is 10.3 Å². The second-order valence-corrected chi connectivity index (χ2v) is 6.52. The number of carbonyl (C=O) groups excluding carboxylic acids is 2. The van der Waals surface area contributed by atoms with Crippen molar-refractivity contribution in [3.8, 4) is 11.5 Å². The second kappa shape index (κ2) is 9.78. The van der Waals surface area contributed by atoms with Gasteiger partial charge in [0, 0.05) is 31.1 Å². The Hall–Kier alpha value is -4.14. The Balaban J connectivity index is 1.58. The Kier molecular flexibility index (Phi) is 6.89. The van der Waals surface area contributed by atoms with E-state index in [1.807, 2.05) is 0 Å². The number of carbonyl (C=O) groups is 2. The summed E-state index contributed by atoms with van der Waals surface area (Å²) in [6.45, 7) is 0. The molecule has 0 fully saturated rings. The zero-order chi connectivity index (χ0) is 23.1. The molecule has 0 spiro atoms. The molecule has 0 unspecified atom stereocenters. The first kappa shape index (κ1) is 22.5. The summed E-state index contributed by atoms with van der Waals surface area (Å²) in [6.07, 6.45) is -0.304. The van der Waals surface area contributed by atoms with Crippen LogP contribution in [-0.4, -0.2) is 23.8 Å². The van der Waals surface area contributed by atoms with Crippen LogP contribution in [0.3, 0.4) is 0 Å². The fourth-order valence-electron chi connectivity index (χ4n) is 2.61. The van der Waals surface area contributed by atoms with Crippen LogP contribution in [0, 0.1) is 0 Å². The van der Waals surface area contributed by atoms with E-state index < -0.39 is 17.6 Å². The van der Waals surface area contributed by atoms with Crippen molar-refractivity contribution in [2.24, 2.45) is 0 Å². The highest BCUT2D eigenvalue weighted by Crippen LogP contribution is 2.29. The van der Waals surface area contributed by atoms with Crippen molar-refractivity contribution in [1.29, 1.82) is 0 Å². The predicted octanol–water partition coefficient (Wildman–Crippen LogP) is 4.90. The molecule has 2 amide bonds. The molecule has 0 aliphatic rings. The zero-order valence-corrected chi connectivity index (χ0v) is 16.8. The molecule has 0 aliphatic carbocycles. The molecule has 0 saturated heterocycles. The Morgan fingerprint density at radius 2 is 1.66 bits per heavy atom. The van der Waals surface area contributed by atoms with Gasteiger partial charge in [0.15, 0.2) is 0 Å². The SMILES string of the molecule is CNC(=O)c1cc(Oc2ccc(NC(=O)/C=C/c3ccc(C(F)(F)F)cc3)cc2)ccn1. The van der Waals surface area contributed by atoms with Crippen LogP contribution in [0.25, 0.3) is 6.08 Å². The third-order valence-electron chi connectivity index (χ3n) is 4.21. The number of rotatable bonds is 6. The van der Waals surface area contributed by atoms with Gasteiger partial charge in [0.25, 0.3) is 5.91 Å². The number of aromatic nitrogens is 1. The molecular weight excluding hydrogens is 423 g/mol. The van der Waals surface area contributed by atoms with Gasteiger partial charge in [-0.25, -0.2) is 0 Å². The highest BCUT2D eigenvalue weighted by Gasteiger charge is 2.29. The maximum absolute atomic E-state index is 12.6. The van der Waals surface area contributed by atoms with Crippen molar-refractivity contribution in [2.45, 2.75) is 6.18 Å². The minimum atomic E-state index is -4.40. The number of ether oxygens (including phenoxy) is 1. The van der Waals surface area contributed by atoms with E-state index in [2.05, 4.69) is 15.6 Å². The van der Waals surface area contributed by atoms with Crippen molar-refractivity contribution < 1.29 is 27.5 Å². The van der Waals surface area contributed by atoms with Gasteiger partial charge >= 0.3 is 6.18 Å². The lowest BCUT2D eigenvalue weighted by molar-refractivity contribution is -0.137. The third-order valence-corrected chi connectivity index (χ3v) is 4.21. The molecule has 3 rings (SSSR count). The molecule has 0 saturated carbocycles. The number of anilines is 1. The number of nitrogens with zero attached hydrogens (tertiary/aromatic N) is 1. The molecule has 32 heavy (non-hydrogen) atoms. The smallest absolute Gasteiger partial charge is 0.416 e. The Morgan fingerprint density at radius 1 is 0.969 bits per heavy atom. The van der Waals surface area contributed by atoms with Crippen molar-refractivity contribution >= 4 is 23.6 Å². The van der Waals surface area contributed by atoms with E-state index in [1.165, 1.54) is 43.6 Å². The van der Waals surface area contributed by atoms with Crippen LogP contribution in [0.2, 0.25) is 0 Å². The van der Waals surface area contributed by atoms with Gasteiger partial charge in [-0.1, -0.05) is 12.1 Å². The van der Waals surface area contributed by atoms with Crippen LogP contribution >= 0.6 is 0 Å². The standard InChI is InChI=1S/C23H18F3N3O3/c1-27-22(31)20-14-19(12-13-28-20)32-18-9-7-17(8-10-18)29-21(30)11-4-15-2-5-16(6-3-15)23(24,25)26/h2-14H,1H3,(H,27,31)(H,29,30)/b11-4+. The van der Waals surface area contributed by atoms with Crippen LogP contribution in [0.1, 0.15) is 21.6 Å². The van der Waals surface area contributed by atoms with E-state index in [9.17, 15) is 22.8 Å². The number of hydrogen-bond donors (Lipinski definition) is 2. The highest BCUT2D eigenvalue weighted by molar-refractivity contribution is 6.01. The van der Waals surface area contributed by atoms with E-state index in [1.54, 1.807) is 30.3 Å². The monoisotopic (exact) mass is 441 g/mol. The summed E-state index contributed by atoms with van der Waals surface area (Å²) in [7, 11) is 1.50. The number of halogens is 3. The molecule has 1 aromatic heterocycles. The minimum Gasteiger partial charge on any atom is -0.457 e. The summed E-state index contributed by atoms with van der Waals surface area (Å²) < 4.78 is 43.4. The molecular formula is C23H18F3N3O3. The van der Waals surface area contributed by atoms with E-state index >= 15 is 0 Å². The average molecular weight is 441 g/mol. The molecule has 0 radical (unpaired) electrons. The molecule has 2 aromatic carbocycles. The summed E-state index contributed by atoms with van der Waals surface area (Å²) in [5.74, 6) is 0.132. The van der Waals surface area contributed by atoms with Crippen LogP contribution in [-0.2, 0) is 11.0 Å². The fourth-order valence-corrected chi connectivity index (χ4v) is 2.61. The molecule has 0 aliphatic heterocycles. The van der Waals surface area contributed by atoms with E-state index in [0.29, 0.717) is 22.7 Å². The molecule has 0 bridgehead atoms. The Labute approximate surface area is 181 Å². The third kappa shape index (κ3) is 6.18. The molecule has 164 valence electrons. The van der Waals surface area contributed by atoms with Crippen LogP contribution in [0.5, 0.6) is 11.5 Å². The maximum Gasteiger partial charge on any atom is 0.416 e. The second-order valence-electron chi connectivity index (χ2n) is 6.52. The van der Waals surface area contributed by atoms with Gasteiger partial charge in [0.05, 0.1) is 5.56 Å². The number of hydrogen-bond acceptors (Lipinski definition) is 4. The molecule has 9 heteroatoms. The number of amides is 2. The predicted molar refractivity (Wildman–Crippen MR) is 113 cm³/mol. The first-order valence-electron chi connectivity index (χ1n) is 9.37. The number of nitrogens with one attached hydrogen (secondary N) is 2. The summed E-state index contributed by atoms with van der Waals surface area (Å²) in [4.78, 5) is 27.7. The first-order valence-corrected chi connectivity index (χ1v) is 9.37. The Morgan fingerprint density at radius 3 is 2.28 bits per heavy atom. The first-order chi connectivity index (χ1) is 15.2. The van der Waals surface area contributed by atoms with Gasteiger partial charge in [0.2, 0.25) is 5.91 Å². The van der Waals surface area contributed by atoms with Gasteiger partial charge in [-0.15, -0.1) is 0 Å². The average Bonchev–Trinajstić information content (AvgIpc) is 2.78. The lowest BCUT2D eigenvalue weighted by Gasteiger charge is -2.08. The van der Waals surface area contributed by atoms with Crippen molar-refractivity contribution in [3.05, 3.63) is 89.8 Å². The normalized spacial score (nSPS) is 11.2. The van der Waals surface area contributed by atoms with Crippen molar-refractivity contribution in [3.63, 3.8) is 0 Å². The van der Waals surface area contributed by atoms with Gasteiger partial charge in [0.1, 0.15) is 17.2 Å². The summed E-state index contributed by atoms with van der Waals surface area (Å²) in [5.41, 5.74) is 0.428. The number of benzene rings is 2. The van der Waals surface area contributed by atoms with Gasteiger partial charge in [-0.2, -0.15) is 13.2 Å². The summed E-state index contributed by atoms with van der Waals surface area (Å²) in [5, 5.41) is 5.13. The van der Waals surface area contributed by atoms with E-state index in [-0.39, 0.29) is 11.6 Å². The largest absolute Gasteiger partial charge is 0.457 e. The molecule has 2 N–H and O–H groups in total. The quantitative estimate of drug-likeness (QED) is 0.533. The lowest BCUT2D eigenvalue weighted by Crippen LogP contribution is -2.18. The fraction of sp³-hybridized carbons (Fsp3) is 0.0870. The molecule has 3 aromatic rings. The highest BCUT2D eigenvalue weighted by atomic mass is 19.4. The number of alkyl halides is 3. The maximum atomic E-state index is 12.6. The van der Waals surface area contributed by atoms with E-state index in [4.69, 9.17) is 4.74 Å². The number of pyridine rings is 1. The van der Waals surface area contributed by atoms with Gasteiger partial charge < -0.3 is 15.4 Å². The molecule has 6 nitrogen and oxygen atoms in total. The topological polar surface area (TPSA) is 80.3 Å². The molecule has 1 heterocycles. The van der Waals surface area contributed by atoms with Gasteiger partial charge in [-0.05, 0) is 54.1 Å². The lowest BCUT2D eigenvalue weighted by atomic mass is 10.1. The minimum absolute atomic E-state index is 0.216. The Bertz CT molecular complexity index is 1130. The van der Waals surface area contributed by atoms with Crippen LogP contribution in [0.4, 0.5) is 18.9 Å². The van der Waals surface area contributed by atoms with Crippen LogP contribution in [0.15, 0.2) is 72.9 Å². The summed E-state index contributed by atoms with van der Waals surface area (Å²) >= 11 is 0. The van der Waals surface area contributed by atoms with Gasteiger partial charge in [-0.3, -0.25) is 14.6 Å². The zero-order valence-electron chi connectivity index (χ0n) is 16.8. The summed E-state index contributed by atoms with van der Waals surface area (Å²) in [6, 6.07) is 14.1.